The number of carbonyl (C=O) groups excluding carboxylic acids is 3. The maximum atomic E-state index is 13.0. The van der Waals surface area contributed by atoms with Crippen molar-refractivity contribution in [2.45, 2.75) is 44.8 Å². The maximum Gasteiger partial charge on any atom is 0.312 e. The number of rotatable bonds is 6. The zero-order chi connectivity index (χ0) is 21.8. The van der Waals surface area contributed by atoms with Crippen molar-refractivity contribution in [3.63, 3.8) is 0 Å². The molecule has 1 saturated carbocycles. The van der Waals surface area contributed by atoms with Gasteiger partial charge in [0.2, 0.25) is 0 Å². The lowest BCUT2D eigenvalue weighted by Gasteiger charge is -2.37. The largest absolute Gasteiger partial charge is 0.348 e. The average molecular weight is 423 g/mol. The molecule has 3 amide bonds. The second-order valence-corrected chi connectivity index (χ2v) is 8.17. The Labute approximate surface area is 181 Å². The van der Waals surface area contributed by atoms with Gasteiger partial charge in [0, 0.05) is 37.8 Å². The van der Waals surface area contributed by atoms with E-state index in [9.17, 15) is 18.8 Å². The van der Waals surface area contributed by atoms with Crippen LogP contribution in [0, 0.1) is 5.82 Å². The standard InChI is InChI=1S/C24H26FN3O3/c25-20-11-7-17(8-12-20)15-26-22(29)19-9-5-18(6-10-19)16-27-13-14-28(24(31)23(27)30)21-3-1-2-4-21/h5-12,21H,1-4,13-16H2,(H,26,29). The number of hydrogen-bond donors (Lipinski definition) is 1. The normalized spacial score (nSPS) is 17.3. The van der Waals surface area contributed by atoms with E-state index in [2.05, 4.69) is 5.32 Å². The molecule has 0 aromatic heterocycles. The third kappa shape index (κ3) is 4.93. The number of halogens is 1. The van der Waals surface area contributed by atoms with Crippen molar-refractivity contribution in [3.8, 4) is 0 Å². The summed E-state index contributed by atoms with van der Waals surface area (Å²) in [5.41, 5.74) is 2.18. The summed E-state index contributed by atoms with van der Waals surface area (Å²) in [7, 11) is 0. The van der Waals surface area contributed by atoms with Crippen LogP contribution in [-0.4, -0.2) is 46.7 Å². The molecule has 1 aliphatic carbocycles. The molecule has 162 valence electrons. The number of amides is 3. The topological polar surface area (TPSA) is 69.7 Å². The lowest BCUT2D eigenvalue weighted by Crippen LogP contribution is -2.56. The molecule has 0 unspecified atom stereocenters. The highest BCUT2D eigenvalue weighted by Crippen LogP contribution is 2.25. The van der Waals surface area contributed by atoms with Gasteiger partial charge in [0.1, 0.15) is 5.82 Å². The molecule has 1 saturated heterocycles. The molecule has 2 aromatic rings. The van der Waals surface area contributed by atoms with Gasteiger partial charge in [-0.05, 0) is 48.2 Å². The van der Waals surface area contributed by atoms with Crippen LogP contribution in [0.3, 0.4) is 0 Å². The fourth-order valence-electron chi connectivity index (χ4n) is 4.27. The van der Waals surface area contributed by atoms with Crippen LogP contribution >= 0.6 is 0 Å². The van der Waals surface area contributed by atoms with Crippen LogP contribution < -0.4 is 5.32 Å². The molecule has 1 aliphatic heterocycles. The van der Waals surface area contributed by atoms with Crippen molar-refractivity contribution in [1.29, 1.82) is 0 Å². The van der Waals surface area contributed by atoms with Gasteiger partial charge in [-0.3, -0.25) is 14.4 Å². The summed E-state index contributed by atoms with van der Waals surface area (Å²) in [6.07, 6.45) is 4.22. The minimum absolute atomic E-state index is 0.214. The average Bonchev–Trinajstić information content (AvgIpc) is 3.31. The Kier molecular flexibility index (Phi) is 6.30. The number of nitrogens with zero attached hydrogens (tertiary/aromatic N) is 2. The molecule has 1 heterocycles. The molecule has 0 radical (unpaired) electrons. The summed E-state index contributed by atoms with van der Waals surface area (Å²) >= 11 is 0. The van der Waals surface area contributed by atoms with Gasteiger partial charge in [0.15, 0.2) is 0 Å². The maximum absolute atomic E-state index is 13.0. The first-order valence-electron chi connectivity index (χ1n) is 10.7. The summed E-state index contributed by atoms with van der Waals surface area (Å²) < 4.78 is 13.0. The predicted molar refractivity (Wildman–Crippen MR) is 113 cm³/mol. The predicted octanol–water partition coefficient (Wildman–Crippen LogP) is 2.87. The molecule has 2 fully saturated rings. The van der Waals surface area contributed by atoms with Crippen LogP contribution in [0.1, 0.15) is 47.2 Å². The Bertz CT molecular complexity index is 953. The molecular weight excluding hydrogens is 397 g/mol. The molecule has 2 aliphatic rings. The summed E-state index contributed by atoms with van der Waals surface area (Å²) in [6.45, 7) is 1.77. The van der Waals surface area contributed by atoms with E-state index in [0.29, 0.717) is 31.7 Å². The number of hydrogen-bond acceptors (Lipinski definition) is 3. The number of piperazine rings is 1. The summed E-state index contributed by atoms with van der Waals surface area (Å²) in [5, 5.41) is 2.80. The van der Waals surface area contributed by atoms with Crippen molar-refractivity contribution in [1.82, 2.24) is 15.1 Å². The molecule has 4 rings (SSSR count). The minimum atomic E-state index is -0.445. The Hall–Kier alpha value is -3.22. The molecule has 0 bridgehead atoms. The third-order valence-corrected chi connectivity index (χ3v) is 6.06. The monoisotopic (exact) mass is 423 g/mol. The van der Waals surface area contributed by atoms with Gasteiger partial charge in [-0.2, -0.15) is 0 Å². The van der Waals surface area contributed by atoms with Gasteiger partial charge >= 0.3 is 11.8 Å². The van der Waals surface area contributed by atoms with Crippen molar-refractivity contribution in [2.24, 2.45) is 0 Å². The summed E-state index contributed by atoms with van der Waals surface area (Å²) in [5.74, 6) is -1.38. The van der Waals surface area contributed by atoms with E-state index < -0.39 is 11.8 Å². The third-order valence-electron chi connectivity index (χ3n) is 6.06. The van der Waals surface area contributed by atoms with Gasteiger partial charge in [-0.25, -0.2) is 4.39 Å². The molecule has 6 nitrogen and oxygen atoms in total. The first kappa shape index (κ1) is 21.0. The Morgan fingerprint density at radius 3 is 2.23 bits per heavy atom. The van der Waals surface area contributed by atoms with Crippen LogP contribution in [0.2, 0.25) is 0 Å². The SMILES string of the molecule is O=C(NCc1ccc(F)cc1)c1ccc(CN2CCN(C3CCCC3)C(=O)C2=O)cc1. The van der Waals surface area contributed by atoms with Gasteiger partial charge in [-0.15, -0.1) is 0 Å². The van der Waals surface area contributed by atoms with Gasteiger partial charge in [0.05, 0.1) is 0 Å². The van der Waals surface area contributed by atoms with E-state index in [-0.39, 0.29) is 17.8 Å². The highest BCUT2D eigenvalue weighted by atomic mass is 19.1. The van der Waals surface area contributed by atoms with Crippen LogP contribution in [0.25, 0.3) is 0 Å². The summed E-state index contributed by atoms with van der Waals surface area (Å²) in [4.78, 5) is 40.8. The Balaban J connectivity index is 1.31. The zero-order valence-corrected chi connectivity index (χ0v) is 17.4. The van der Waals surface area contributed by atoms with Crippen molar-refractivity contribution < 1.29 is 18.8 Å². The number of nitrogens with one attached hydrogen (secondary N) is 1. The van der Waals surface area contributed by atoms with Crippen LogP contribution in [0.4, 0.5) is 4.39 Å². The molecule has 7 heteroatoms. The van der Waals surface area contributed by atoms with Gasteiger partial charge < -0.3 is 15.1 Å². The van der Waals surface area contributed by atoms with E-state index in [1.807, 2.05) is 0 Å². The second kappa shape index (κ2) is 9.29. The zero-order valence-electron chi connectivity index (χ0n) is 17.4. The first-order chi connectivity index (χ1) is 15.0. The number of carbonyl (C=O) groups is 3. The lowest BCUT2D eigenvalue weighted by atomic mass is 10.1. The molecular formula is C24H26FN3O3. The minimum Gasteiger partial charge on any atom is -0.348 e. The highest BCUT2D eigenvalue weighted by Gasteiger charge is 2.37. The Morgan fingerprint density at radius 2 is 1.55 bits per heavy atom. The van der Waals surface area contributed by atoms with E-state index in [0.717, 1.165) is 36.8 Å². The lowest BCUT2D eigenvalue weighted by molar-refractivity contribution is -0.158. The molecule has 1 N–H and O–H groups in total. The van der Waals surface area contributed by atoms with Crippen molar-refractivity contribution >= 4 is 17.7 Å². The molecule has 0 atom stereocenters. The van der Waals surface area contributed by atoms with E-state index in [1.165, 1.54) is 12.1 Å². The molecule has 31 heavy (non-hydrogen) atoms. The molecule has 2 aromatic carbocycles. The Morgan fingerprint density at radius 1 is 0.903 bits per heavy atom. The fraction of sp³-hybridized carbons (Fsp3) is 0.375. The van der Waals surface area contributed by atoms with Gasteiger partial charge in [0.25, 0.3) is 5.91 Å². The van der Waals surface area contributed by atoms with Gasteiger partial charge in [-0.1, -0.05) is 37.1 Å². The van der Waals surface area contributed by atoms with E-state index >= 15 is 0 Å². The quantitative estimate of drug-likeness (QED) is 0.727. The van der Waals surface area contributed by atoms with Crippen LogP contribution in [-0.2, 0) is 22.7 Å². The van der Waals surface area contributed by atoms with E-state index in [1.54, 1.807) is 46.2 Å². The van der Waals surface area contributed by atoms with E-state index in [4.69, 9.17) is 0 Å². The van der Waals surface area contributed by atoms with Crippen LogP contribution in [0.5, 0.6) is 0 Å². The summed E-state index contributed by atoms with van der Waals surface area (Å²) in [6, 6.07) is 13.2. The second-order valence-electron chi connectivity index (χ2n) is 8.17. The van der Waals surface area contributed by atoms with Crippen molar-refractivity contribution in [2.75, 3.05) is 13.1 Å². The van der Waals surface area contributed by atoms with Crippen molar-refractivity contribution in [3.05, 3.63) is 71.0 Å². The van der Waals surface area contributed by atoms with Crippen LogP contribution in [0.15, 0.2) is 48.5 Å². The first-order valence-corrected chi connectivity index (χ1v) is 10.7. The smallest absolute Gasteiger partial charge is 0.312 e. The number of benzene rings is 2. The highest BCUT2D eigenvalue weighted by molar-refractivity contribution is 6.35. The molecule has 0 spiro atoms. The fourth-order valence-corrected chi connectivity index (χ4v) is 4.27.